The predicted molar refractivity (Wildman–Crippen MR) is 94.8 cm³/mol. The Morgan fingerprint density at radius 3 is 2.39 bits per heavy atom. The molecule has 0 bridgehead atoms. The molecule has 2 fully saturated rings. The van der Waals surface area contributed by atoms with Gasteiger partial charge in [-0.05, 0) is 36.1 Å². The summed E-state index contributed by atoms with van der Waals surface area (Å²) in [7, 11) is 0. The van der Waals surface area contributed by atoms with E-state index in [-0.39, 0.29) is 24.2 Å². The summed E-state index contributed by atoms with van der Waals surface area (Å²) in [6.07, 6.45) is 0.370. The molecule has 2 amide bonds. The van der Waals surface area contributed by atoms with Crippen LogP contribution in [0.15, 0.2) is 28.7 Å². The highest BCUT2D eigenvalue weighted by Crippen LogP contribution is 2.26. The van der Waals surface area contributed by atoms with E-state index in [2.05, 4.69) is 26.6 Å². The van der Waals surface area contributed by atoms with Gasteiger partial charge in [-0.1, -0.05) is 15.9 Å². The third-order valence-corrected chi connectivity index (χ3v) is 5.00. The molecule has 2 saturated heterocycles. The van der Waals surface area contributed by atoms with E-state index in [4.69, 9.17) is 0 Å². The number of halogens is 2. The molecule has 2 atom stereocenters. The number of benzene rings is 1. The number of hydrogen-bond acceptors (Lipinski definition) is 3. The van der Waals surface area contributed by atoms with Crippen LogP contribution in [0.4, 0.5) is 0 Å². The summed E-state index contributed by atoms with van der Waals surface area (Å²) in [6.45, 7) is 4.15. The first-order chi connectivity index (χ1) is 10.6. The SMILES string of the molecule is Cl.O=C(NCCC(=O)N1C[C@H]2CNC[C@H]2C1)c1ccc(Br)cc1. The van der Waals surface area contributed by atoms with Crippen LogP contribution >= 0.6 is 28.3 Å². The number of carbonyl (C=O) groups excluding carboxylic acids is 2. The number of hydrogen-bond donors (Lipinski definition) is 2. The molecule has 0 radical (unpaired) electrons. The van der Waals surface area contributed by atoms with E-state index in [9.17, 15) is 9.59 Å². The lowest BCUT2D eigenvalue weighted by Crippen LogP contribution is -2.35. The molecule has 2 aliphatic rings. The van der Waals surface area contributed by atoms with Crippen LogP contribution in [-0.4, -0.2) is 49.4 Å². The van der Waals surface area contributed by atoms with E-state index >= 15 is 0 Å². The minimum Gasteiger partial charge on any atom is -0.352 e. The van der Waals surface area contributed by atoms with Crippen LogP contribution in [-0.2, 0) is 4.79 Å². The minimum absolute atomic E-state index is 0. The second-order valence-electron chi connectivity index (χ2n) is 5.99. The Hall–Kier alpha value is -1.11. The zero-order valence-corrected chi connectivity index (χ0v) is 15.2. The van der Waals surface area contributed by atoms with Gasteiger partial charge in [0, 0.05) is 49.2 Å². The fourth-order valence-corrected chi connectivity index (χ4v) is 3.47. The van der Waals surface area contributed by atoms with Crippen LogP contribution in [0.25, 0.3) is 0 Å². The fourth-order valence-electron chi connectivity index (χ4n) is 3.20. The van der Waals surface area contributed by atoms with Crippen molar-refractivity contribution < 1.29 is 9.59 Å². The van der Waals surface area contributed by atoms with Gasteiger partial charge in [0.05, 0.1) is 0 Å². The first-order valence-corrected chi connectivity index (χ1v) is 8.45. The van der Waals surface area contributed by atoms with Crippen molar-refractivity contribution in [3.63, 3.8) is 0 Å². The minimum atomic E-state index is -0.136. The highest BCUT2D eigenvalue weighted by molar-refractivity contribution is 9.10. The smallest absolute Gasteiger partial charge is 0.251 e. The van der Waals surface area contributed by atoms with Crippen molar-refractivity contribution in [2.45, 2.75) is 6.42 Å². The third kappa shape index (κ3) is 4.46. The molecule has 0 aliphatic carbocycles. The average Bonchev–Trinajstić information content (AvgIpc) is 3.09. The molecule has 0 saturated carbocycles. The van der Waals surface area contributed by atoms with E-state index < -0.39 is 0 Å². The summed E-state index contributed by atoms with van der Waals surface area (Å²) in [5.41, 5.74) is 0.609. The zero-order chi connectivity index (χ0) is 15.5. The molecule has 1 aromatic carbocycles. The molecular formula is C16H21BrClN3O2. The van der Waals surface area contributed by atoms with Gasteiger partial charge in [0.15, 0.2) is 0 Å². The molecule has 126 valence electrons. The van der Waals surface area contributed by atoms with Crippen LogP contribution in [0.1, 0.15) is 16.8 Å². The third-order valence-electron chi connectivity index (χ3n) is 4.47. The topological polar surface area (TPSA) is 61.4 Å². The number of nitrogens with one attached hydrogen (secondary N) is 2. The van der Waals surface area contributed by atoms with Crippen molar-refractivity contribution in [1.82, 2.24) is 15.5 Å². The second-order valence-corrected chi connectivity index (χ2v) is 6.91. The maximum Gasteiger partial charge on any atom is 0.251 e. The Bertz CT molecular complexity index is 555. The standard InChI is InChI=1S/C16H20BrN3O2.ClH/c17-14-3-1-11(2-4-14)16(22)19-6-5-15(21)20-9-12-7-18-8-13(12)10-20;/h1-4,12-13,18H,5-10H2,(H,19,22);1H/t12-,13+;. The molecule has 3 rings (SSSR count). The molecule has 1 aromatic rings. The van der Waals surface area contributed by atoms with Crippen molar-refractivity contribution in [3.8, 4) is 0 Å². The van der Waals surface area contributed by atoms with Gasteiger partial charge in [-0.15, -0.1) is 12.4 Å². The molecule has 0 unspecified atom stereocenters. The quantitative estimate of drug-likeness (QED) is 0.805. The van der Waals surface area contributed by atoms with Crippen molar-refractivity contribution in [3.05, 3.63) is 34.3 Å². The van der Waals surface area contributed by atoms with Gasteiger partial charge in [-0.2, -0.15) is 0 Å². The molecule has 2 heterocycles. The first kappa shape index (κ1) is 18.2. The van der Waals surface area contributed by atoms with Crippen molar-refractivity contribution in [1.29, 1.82) is 0 Å². The van der Waals surface area contributed by atoms with Gasteiger partial charge in [0.25, 0.3) is 5.91 Å². The molecule has 0 spiro atoms. The Morgan fingerprint density at radius 1 is 1.17 bits per heavy atom. The fraction of sp³-hybridized carbons (Fsp3) is 0.500. The summed E-state index contributed by atoms with van der Waals surface area (Å²) in [5, 5.41) is 6.17. The number of likely N-dealkylation sites (tertiary alicyclic amines) is 1. The Kier molecular flexibility index (Phi) is 6.44. The summed E-state index contributed by atoms with van der Waals surface area (Å²) < 4.78 is 0.938. The molecule has 5 nitrogen and oxygen atoms in total. The lowest BCUT2D eigenvalue weighted by Gasteiger charge is -2.17. The number of amides is 2. The van der Waals surface area contributed by atoms with Gasteiger partial charge in [-0.3, -0.25) is 9.59 Å². The molecule has 23 heavy (non-hydrogen) atoms. The molecule has 7 heteroatoms. The summed E-state index contributed by atoms with van der Waals surface area (Å²) in [6, 6.07) is 7.18. The maximum absolute atomic E-state index is 12.2. The Morgan fingerprint density at radius 2 is 1.78 bits per heavy atom. The van der Waals surface area contributed by atoms with Crippen molar-refractivity contribution >= 4 is 40.2 Å². The van der Waals surface area contributed by atoms with Gasteiger partial charge in [0.1, 0.15) is 0 Å². The lowest BCUT2D eigenvalue weighted by molar-refractivity contribution is -0.130. The van der Waals surface area contributed by atoms with E-state index in [1.807, 2.05) is 17.0 Å². The summed E-state index contributed by atoms with van der Waals surface area (Å²) in [5.74, 6) is 1.23. The average molecular weight is 403 g/mol. The Balaban J connectivity index is 0.00000192. The highest BCUT2D eigenvalue weighted by atomic mass is 79.9. The largest absolute Gasteiger partial charge is 0.352 e. The van der Waals surface area contributed by atoms with Crippen LogP contribution in [0.2, 0.25) is 0 Å². The van der Waals surface area contributed by atoms with E-state index in [1.54, 1.807) is 12.1 Å². The van der Waals surface area contributed by atoms with Crippen molar-refractivity contribution in [2.75, 3.05) is 32.7 Å². The monoisotopic (exact) mass is 401 g/mol. The second kappa shape index (κ2) is 8.13. The first-order valence-electron chi connectivity index (χ1n) is 7.66. The van der Waals surface area contributed by atoms with Gasteiger partial charge >= 0.3 is 0 Å². The molecule has 2 aliphatic heterocycles. The molecular weight excluding hydrogens is 382 g/mol. The molecule has 0 aromatic heterocycles. The van der Waals surface area contributed by atoms with Crippen LogP contribution < -0.4 is 10.6 Å². The van der Waals surface area contributed by atoms with Gasteiger partial charge in [0.2, 0.25) is 5.91 Å². The zero-order valence-electron chi connectivity index (χ0n) is 12.8. The number of rotatable bonds is 4. The summed E-state index contributed by atoms with van der Waals surface area (Å²) >= 11 is 3.34. The lowest BCUT2D eigenvalue weighted by atomic mass is 10.0. The highest BCUT2D eigenvalue weighted by Gasteiger charge is 2.37. The maximum atomic E-state index is 12.2. The molecule has 2 N–H and O–H groups in total. The van der Waals surface area contributed by atoms with Crippen LogP contribution in [0.5, 0.6) is 0 Å². The van der Waals surface area contributed by atoms with Gasteiger partial charge in [-0.25, -0.2) is 0 Å². The van der Waals surface area contributed by atoms with Crippen LogP contribution in [0, 0.1) is 11.8 Å². The predicted octanol–water partition coefficient (Wildman–Crippen LogP) is 1.67. The van der Waals surface area contributed by atoms with Gasteiger partial charge < -0.3 is 15.5 Å². The Labute approximate surface area is 150 Å². The van der Waals surface area contributed by atoms with E-state index in [0.717, 1.165) is 30.7 Å². The van der Waals surface area contributed by atoms with E-state index in [1.165, 1.54) is 0 Å². The number of carbonyl (C=O) groups is 2. The van der Waals surface area contributed by atoms with E-state index in [0.29, 0.717) is 30.4 Å². The number of fused-ring (bicyclic) bond motifs is 1. The summed E-state index contributed by atoms with van der Waals surface area (Å²) in [4.78, 5) is 26.1. The van der Waals surface area contributed by atoms with Crippen LogP contribution in [0.3, 0.4) is 0 Å². The normalized spacial score (nSPS) is 22.4. The van der Waals surface area contributed by atoms with Crippen molar-refractivity contribution in [2.24, 2.45) is 11.8 Å². The number of nitrogens with zero attached hydrogens (tertiary/aromatic N) is 1.